The van der Waals surface area contributed by atoms with Gasteiger partial charge in [-0.1, -0.05) is 33.1 Å². The maximum atomic E-state index is 14.8. The minimum absolute atomic E-state index is 0.0283. The fourth-order valence-electron chi connectivity index (χ4n) is 6.75. The highest BCUT2D eigenvalue weighted by Gasteiger charge is 2.36. The number of aliphatic carboxylic acids is 1. The van der Waals surface area contributed by atoms with Crippen molar-refractivity contribution in [1.29, 1.82) is 0 Å². The van der Waals surface area contributed by atoms with E-state index < -0.39 is 17.8 Å². The van der Waals surface area contributed by atoms with Gasteiger partial charge in [-0.05, 0) is 93.5 Å². The van der Waals surface area contributed by atoms with Crippen LogP contribution in [0.5, 0.6) is 5.75 Å². The Morgan fingerprint density at radius 3 is 2.74 bits per heavy atom. The fraction of sp³-hybridized carbons (Fsp3) is 0.774. The quantitative estimate of drug-likeness (QED) is 0.267. The summed E-state index contributed by atoms with van der Waals surface area (Å²) < 4.78 is 26.1. The Kier molecular flexibility index (Phi) is 11.4. The van der Waals surface area contributed by atoms with Crippen molar-refractivity contribution in [2.24, 2.45) is 11.8 Å². The fourth-order valence-corrected chi connectivity index (χ4v) is 6.75. The number of hydrogen-bond donors (Lipinski definition) is 3. The molecule has 0 radical (unpaired) electrons. The average Bonchev–Trinajstić information content (AvgIpc) is 3.37. The molecule has 39 heavy (non-hydrogen) atoms. The van der Waals surface area contributed by atoms with Gasteiger partial charge in [0.1, 0.15) is 6.04 Å². The number of benzene rings is 1. The minimum Gasteiger partial charge on any atom is -0.493 e. The molecular formula is C31H50FN3O4. The van der Waals surface area contributed by atoms with E-state index in [4.69, 9.17) is 9.47 Å². The van der Waals surface area contributed by atoms with E-state index in [1.807, 2.05) is 18.7 Å². The topological polar surface area (TPSA) is 83.1 Å². The van der Waals surface area contributed by atoms with Crippen molar-refractivity contribution < 1.29 is 23.8 Å². The largest absolute Gasteiger partial charge is 0.493 e. The first-order valence-corrected chi connectivity index (χ1v) is 15.3. The van der Waals surface area contributed by atoms with E-state index in [2.05, 4.69) is 10.6 Å². The molecule has 1 aromatic carbocycles. The molecule has 0 saturated carbocycles. The lowest BCUT2D eigenvalue weighted by molar-refractivity contribution is -0.143. The van der Waals surface area contributed by atoms with Crippen molar-refractivity contribution >= 4 is 5.97 Å². The van der Waals surface area contributed by atoms with Crippen LogP contribution in [0.3, 0.4) is 0 Å². The van der Waals surface area contributed by atoms with Crippen LogP contribution in [0.4, 0.5) is 4.39 Å². The maximum Gasteiger partial charge on any atom is 0.325 e. The van der Waals surface area contributed by atoms with Gasteiger partial charge in [0, 0.05) is 24.8 Å². The monoisotopic (exact) mass is 547 g/mol. The van der Waals surface area contributed by atoms with Crippen LogP contribution >= 0.6 is 0 Å². The van der Waals surface area contributed by atoms with Crippen LogP contribution in [0.2, 0.25) is 0 Å². The SMILES string of the molecule is COc1c(F)cc(C(C)C)cc1C(C(=O)O)N1CCC(COCCCCCC[C@H]2CCC3CCCNC3N2)C1. The number of halogens is 1. The minimum atomic E-state index is -0.978. The van der Waals surface area contributed by atoms with E-state index in [9.17, 15) is 14.3 Å². The highest BCUT2D eigenvalue weighted by Crippen LogP contribution is 2.37. The van der Waals surface area contributed by atoms with Crippen molar-refractivity contribution in [2.75, 3.05) is 40.0 Å². The number of fused-ring (bicyclic) bond motifs is 1. The molecule has 0 amide bonds. The number of rotatable bonds is 14. The number of likely N-dealkylation sites (tertiary alicyclic amines) is 1. The van der Waals surface area contributed by atoms with E-state index in [-0.39, 0.29) is 17.6 Å². The van der Waals surface area contributed by atoms with Gasteiger partial charge in [-0.15, -0.1) is 0 Å². The molecule has 3 aliphatic rings. The number of carboxylic acids is 1. The van der Waals surface area contributed by atoms with Crippen molar-refractivity contribution in [2.45, 2.75) is 102 Å². The summed E-state index contributed by atoms with van der Waals surface area (Å²) in [5, 5.41) is 17.6. The third-order valence-corrected chi connectivity index (χ3v) is 9.01. The number of piperidine rings is 2. The Hall–Kier alpha value is -1.74. The molecule has 3 aliphatic heterocycles. The van der Waals surface area contributed by atoms with Crippen LogP contribution in [0, 0.1) is 17.7 Å². The van der Waals surface area contributed by atoms with Crippen LogP contribution in [-0.2, 0) is 9.53 Å². The summed E-state index contributed by atoms with van der Waals surface area (Å²) in [7, 11) is 1.40. The number of methoxy groups -OCH3 is 1. The van der Waals surface area contributed by atoms with Gasteiger partial charge < -0.3 is 19.9 Å². The normalized spacial score (nSPS) is 26.5. The molecule has 7 nitrogen and oxygen atoms in total. The molecule has 5 atom stereocenters. The number of hydrogen-bond acceptors (Lipinski definition) is 6. The summed E-state index contributed by atoms with van der Waals surface area (Å²) in [6.45, 7) is 7.76. The Morgan fingerprint density at radius 2 is 1.97 bits per heavy atom. The van der Waals surface area contributed by atoms with Crippen molar-refractivity contribution in [3.63, 3.8) is 0 Å². The zero-order chi connectivity index (χ0) is 27.8. The van der Waals surface area contributed by atoms with Gasteiger partial charge in [0.2, 0.25) is 0 Å². The number of nitrogens with one attached hydrogen (secondary N) is 2. The maximum absolute atomic E-state index is 14.8. The molecular weight excluding hydrogens is 497 g/mol. The Morgan fingerprint density at radius 1 is 1.15 bits per heavy atom. The van der Waals surface area contributed by atoms with E-state index in [0.717, 1.165) is 37.5 Å². The van der Waals surface area contributed by atoms with Gasteiger partial charge in [0.05, 0.1) is 19.9 Å². The second-order valence-corrected chi connectivity index (χ2v) is 12.2. The molecule has 8 heteroatoms. The molecule has 4 unspecified atom stereocenters. The number of unbranched alkanes of at least 4 members (excludes halogenated alkanes) is 3. The van der Waals surface area contributed by atoms with E-state index >= 15 is 0 Å². The lowest BCUT2D eigenvalue weighted by atomic mass is 9.84. The van der Waals surface area contributed by atoms with Gasteiger partial charge >= 0.3 is 5.97 Å². The van der Waals surface area contributed by atoms with Crippen molar-refractivity contribution in [3.8, 4) is 5.75 Å². The van der Waals surface area contributed by atoms with Crippen LogP contribution in [-0.4, -0.2) is 68.1 Å². The third kappa shape index (κ3) is 8.15. The first kappa shape index (κ1) is 30.2. The van der Waals surface area contributed by atoms with Gasteiger partial charge in [-0.3, -0.25) is 15.0 Å². The molecule has 0 aliphatic carbocycles. The molecule has 3 saturated heterocycles. The summed E-state index contributed by atoms with van der Waals surface area (Å²) in [5.41, 5.74) is 1.17. The second-order valence-electron chi connectivity index (χ2n) is 12.2. The highest BCUT2D eigenvalue weighted by atomic mass is 19.1. The molecule has 3 fully saturated rings. The first-order chi connectivity index (χ1) is 18.9. The lowest BCUT2D eigenvalue weighted by Crippen LogP contribution is -2.57. The Labute approximate surface area is 234 Å². The number of ether oxygens (including phenoxy) is 2. The molecule has 3 heterocycles. The first-order valence-electron chi connectivity index (χ1n) is 15.3. The highest BCUT2D eigenvalue weighted by molar-refractivity contribution is 5.77. The number of nitrogens with zero attached hydrogens (tertiary/aromatic N) is 1. The Balaban J connectivity index is 1.14. The summed E-state index contributed by atoms with van der Waals surface area (Å²) in [6.07, 6.45) is 12.8. The van der Waals surface area contributed by atoms with Crippen LogP contribution < -0.4 is 15.4 Å². The molecule has 220 valence electrons. The predicted molar refractivity (Wildman–Crippen MR) is 152 cm³/mol. The standard InChI is InChI=1S/C31H50FN3O4/c1-21(2)24-17-26(29(38-3)27(32)18-24)28(31(36)37)35-15-13-22(19-35)20-39-16-7-5-4-6-10-25-12-11-23-9-8-14-33-30(23)34-25/h17-18,21-23,25,28,30,33-34H,4-16,19-20H2,1-3H3,(H,36,37)/t22?,23?,25-,28?,30?/m0/s1. The second kappa shape index (κ2) is 14.8. The molecule has 0 spiro atoms. The lowest BCUT2D eigenvalue weighted by Gasteiger charge is -2.41. The van der Waals surface area contributed by atoms with Crippen LogP contribution in [0.15, 0.2) is 12.1 Å². The summed E-state index contributed by atoms with van der Waals surface area (Å²) in [5.74, 6) is -0.256. The zero-order valence-electron chi connectivity index (χ0n) is 24.2. The van der Waals surface area contributed by atoms with Crippen LogP contribution in [0.1, 0.15) is 101 Å². The molecule has 3 N–H and O–H groups in total. The van der Waals surface area contributed by atoms with E-state index in [1.165, 1.54) is 64.5 Å². The van der Waals surface area contributed by atoms with Gasteiger partial charge in [0.25, 0.3) is 0 Å². The molecule has 1 aromatic rings. The summed E-state index contributed by atoms with van der Waals surface area (Å²) in [4.78, 5) is 14.3. The summed E-state index contributed by atoms with van der Waals surface area (Å²) >= 11 is 0. The van der Waals surface area contributed by atoms with Crippen LogP contribution in [0.25, 0.3) is 0 Å². The van der Waals surface area contributed by atoms with E-state index in [0.29, 0.717) is 37.5 Å². The zero-order valence-corrected chi connectivity index (χ0v) is 24.2. The van der Waals surface area contributed by atoms with Crippen molar-refractivity contribution in [1.82, 2.24) is 15.5 Å². The Bertz CT molecular complexity index is 929. The number of carbonyl (C=O) groups is 1. The summed E-state index contributed by atoms with van der Waals surface area (Å²) in [6, 6.07) is 2.97. The van der Waals surface area contributed by atoms with Gasteiger partial charge in [-0.2, -0.15) is 0 Å². The predicted octanol–water partition coefficient (Wildman–Crippen LogP) is 5.45. The molecule has 0 bridgehead atoms. The smallest absolute Gasteiger partial charge is 0.325 e. The third-order valence-electron chi connectivity index (χ3n) is 9.01. The molecule has 0 aromatic heterocycles. The molecule has 4 rings (SSSR count). The van der Waals surface area contributed by atoms with Gasteiger partial charge in [0.15, 0.2) is 11.6 Å². The average molecular weight is 548 g/mol. The van der Waals surface area contributed by atoms with Gasteiger partial charge in [-0.25, -0.2) is 4.39 Å². The van der Waals surface area contributed by atoms with E-state index in [1.54, 1.807) is 6.07 Å². The number of carboxylic acid groups (broad SMARTS) is 1. The van der Waals surface area contributed by atoms with Crippen molar-refractivity contribution in [3.05, 3.63) is 29.1 Å².